The van der Waals surface area contributed by atoms with Crippen molar-refractivity contribution in [3.8, 4) is 0 Å². The number of benzene rings is 2. The molecule has 3 heteroatoms. The summed E-state index contributed by atoms with van der Waals surface area (Å²) in [6, 6.07) is 17.7. The molecule has 2 nitrogen and oxygen atoms in total. The summed E-state index contributed by atoms with van der Waals surface area (Å²) in [6.07, 6.45) is -0.495. The highest BCUT2D eigenvalue weighted by Gasteiger charge is 2.15. The minimum Gasteiger partial charge on any atom is -0.387 e. The number of aliphatic hydroxyl groups excluding tert-OH is 1. The van der Waals surface area contributed by atoms with Crippen LogP contribution in [0.4, 0.5) is 0 Å². The Kier molecular flexibility index (Phi) is 5.02. The summed E-state index contributed by atoms with van der Waals surface area (Å²) in [5.41, 5.74) is 2.12. The van der Waals surface area contributed by atoms with Crippen molar-refractivity contribution < 1.29 is 5.11 Å². The van der Waals surface area contributed by atoms with Gasteiger partial charge >= 0.3 is 0 Å². The first-order valence-electron chi connectivity index (χ1n) is 6.41. The van der Waals surface area contributed by atoms with Crippen LogP contribution in [0.2, 0.25) is 0 Å². The molecule has 0 bridgehead atoms. The van der Waals surface area contributed by atoms with Gasteiger partial charge in [-0.05, 0) is 30.2 Å². The SMILES string of the molecule is C[C@@H](NCc1ccc(S)cc1)[C@@H](O)c1ccccc1. The monoisotopic (exact) mass is 273 g/mol. The number of thiol groups is 1. The second-order valence-electron chi connectivity index (χ2n) is 4.69. The van der Waals surface area contributed by atoms with Crippen LogP contribution in [0.15, 0.2) is 59.5 Å². The minimum absolute atomic E-state index is 0.00178. The lowest BCUT2D eigenvalue weighted by Gasteiger charge is -2.20. The lowest BCUT2D eigenvalue weighted by Crippen LogP contribution is -2.31. The zero-order chi connectivity index (χ0) is 13.7. The first-order valence-corrected chi connectivity index (χ1v) is 6.86. The highest BCUT2D eigenvalue weighted by atomic mass is 32.1. The summed E-state index contributed by atoms with van der Waals surface area (Å²) in [4.78, 5) is 0.959. The van der Waals surface area contributed by atoms with Crippen molar-refractivity contribution in [3.05, 3.63) is 65.7 Å². The molecule has 0 fully saturated rings. The molecule has 0 saturated heterocycles. The van der Waals surface area contributed by atoms with E-state index in [0.29, 0.717) is 0 Å². The number of nitrogens with one attached hydrogen (secondary N) is 1. The molecule has 0 aliphatic rings. The van der Waals surface area contributed by atoms with Crippen LogP contribution in [0, 0.1) is 0 Å². The molecule has 2 aromatic carbocycles. The van der Waals surface area contributed by atoms with Crippen LogP contribution in [-0.2, 0) is 6.54 Å². The van der Waals surface area contributed by atoms with E-state index in [0.717, 1.165) is 17.0 Å². The first-order chi connectivity index (χ1) is 9.16. The molecule has 0 saturated carbocycles. The van der Waals surface area contributed by atoms with Gasteiger partial charge in [0.05, 0.1) is 6.10 Å². The molecule has 19 heavy (non-hydrogen) atoms. The largest absolute Gasteiger partial charge is 0.387 e. The fourth-order valence-corrected chi connectivity index (χ4v) is 2.09. The fraction of sp³-hybridized carbons (Fsp3) is 0.250. The van der Waals surface area contributed by atoms with Crippen LogP contribution in [-0.4, -0.2) is 11.1 Å². The van der Waals surface area contributed by atoms with Crippen molar-refractivity contribution in [2.75, 3.05) is 0 Å². The average Bonchev–Trinajstić information content (AvgIpc) is 2.46. The maximum atomic E-state index is 10.2. The quantitative estimate of drug-likeness (QED) is 0.731. The fourth-order valence-electron chi connectivity index (χ4n) is 1.94. The highest BCUT2D eigenvalue weighted by Crippen LogP contribution is 2.16. The topological polar surface area (TPSA) is 32.3 Å². The molecule has 0 amide bonds. The number of aliphatic hydroxyl groups is 1. The molecule has 0 heterocycles. The second-order valence-corrected chi connectivity index (χ2v) is 5.21. The van der Waals surface area contributed by atoms with Gasteiger partial charge in [-0.25, -0.2) is 0 Å². The molecule has 0 aliphatic heterocycles. The highest BCUT2D eigenvalue weighted by molar-refractivity contribution is 7.80. The van der Waals surface area contributed by atoms with E-state index in [4.69, 9.17) is 0 Å². The maximum Gasteiger partial charge on any atom is 0.0940 e. The van der Waals surface area contributed by atoms with Crippen LogP contribution < -0.4 is 5.32 Å². The lowest BCUT2D eigenvalue weighted by atomic mass is 10.0. The van der Waals surface area contributed by atoms with Gasteiger partial charge in [-0.2, -0.15) is 0 Å². The van der Waals surface area contributed by atoms with Gasteiger partial charge in [0, 0.05) is 17.5 Å². The Balaban J connectivity index is 1.90. The number of rotatable bonds is 5. The van der Waals surface area contributed by atoms with Gasteiger partial charge in [0.1, 0.15) is 0 Å². The standard InChI is InChI=1S/C16H19NOS/c1-12(16(18)14-5-3-2-4-6-14)17-11-13-7-9-15(19)10-8-13/h2-10,12,16-19H,11H2,1H3/t12-,16-/m1/s1. The summed E-state index contributed by atoms with van der Waals surface area (Å²) < 4.78 is 0. The van der Waals surface area contributed by atoms with Crippen LogP contribution in [0.5, 0.6) is 0 Å². The van der Waals surface area contributed by atoms with Gasteiger partial charge in [-0.3, -0.25) is 0 Å². The molecule has 2 rings (SSSR count). The third kappa shape index (κ3) is 4.10. The van der Waals surface area contributed by atoms with Gasteiger partial charge in [0.25, 0.3) is 0 Å². The van der Waals surface area contributed by atoms with E-state index in [1.54, 1.807) is 0 Å². The van der Waals surface area contributed by atoms with Crippen molar-refractivity contribution in [2.45, 2.75) is 30.5 Å². The molecule has 0 aromatic heterocycles. The Bertz CT molecular complexity index is 498. The number of hydrogen-bond donors (Lipinski definition) is 3. The predicted molar refractivity (Wildman–Crippen MR) is 81.4 cm³/mol. The van der Waals surface area contributed by atoms with Gasteiger partial charge in [0.15, 0.2) is 0 Å². The molecule has 2 N–H and O–H groups in total. The smallest absolute Gasteiger partial charge is 0.0940 e. The second kappa shape index (κ2) is 6.75. The average molecular weight is 273 g/mol. The summed E-state index contributed by atoms with van der Waals surface area (Å²) in [5, 5.41) is 13.6. The molecule has 0 aliphatic carbocycles. The zero-order valence-corrected chi connectivity index (χ0v) is 11.8. The van der Waals surface area contributed by atoms with Crippen molar-refractivity contribution >= 4 is 12.6 Å². The van der Waals surface area contributed by atoms with Gasteiger partial charge < -0.3 is 10.4 Å². The van der Waals surface area contributed by atoms with E-state index >= 15 is 0 Å². The van der Waals surface area contributed by atoms with Gasteiger partial charge in [-0.1, -0.05) is 42.5 Å². The van der Waals surface area contributed by atoms with Gasteiger partial charge in [-0.15, -0.1) is 12.6 Å². The third-order valence-electron chi connectivity index (χ3n) is 3.18. The Hall–Kier alpha value is -1.29. The molecular weight excluding hydrogens is 254 g/mol. The van der Waals surface area contributed by atoms with E-state index < -0.39 is 6.10 Å². The molecule has 100 valence electrons. The molecule has 0 spiro atoms. The van der Waals surface area contributed by atoms with Gasteiger partial charge in [0.2, 0.25) is 0 Å². The van der Waals surface area contributed by atoms with Crippen LogP contribution in [0.3, 0.4) is 0 Å². The van der Waals surface area contributed by atoms with Crippen molar-refractivity contribution in [1.29, 1.82) is 0 Å². The Labute approximate surface area is 119 Å². The summed E-state index contributed by atoms with van der Waals surface area (Å²) in [6.45, 7) is 2.73. The Morgan fingerprint density at radius 1 is 1.05 bits per heavy atom. The van der Waals surface area contributed by atoms with Crippen molar-refractivity contribution in [2.24, 2.45) is 0 Å². The first kappa shape index (κ1) is 14.1. The van der Waals surface area contributed by atoms with E-state index in [-0.39, 0.29) is 6.04 Å². The summed E-state index contributed by atoms with van der Waals surface area (Å²) >= 11 is 4.26. The Morgan fingerprint density at radius 3 is 2.32 bits per heavy atom. The summed E-state index contributed by atoms with van der Waals surface area (Å²) in [5.74, 6) is 0. The number of hydrogen-bond acceptors (Lipinski definition) is 3. The minimum atomic E-state index is -0.495. The predicted octanol–water partition coefficient (Wildman–Crippen LogP) is 3.19. The van der Waals surface area contributed by atoms with E-state index in [1.807, 2.05) is 61.5 Å². The van der Waals surface area contributed by atoms with Crippen molar-refractivity contribution in [1.82, 2.24) is 5.32 Å². The van der Waals surface area contributed by atoms with Crippen LogP contribution >= 0.6 is 12.6 Å². The van der Waals surface area contributed by atoms with E-state index in [2.05, 4.69) is 17.9 Å². The third-order valence-corrected chi connectivity index (χ3v) is 3.48. The van der Waals surface area contributed by atoms with Crippen LogP contribution in [0.25, 0.3) is 0 Å². The zero-order valence-electron chi connectivity index (χ0n) is 11.0. The van der Waals surface area contributed by atoms with E-state index in [9.17, 15) is 5.11 Å². The maximum absolute atomic E-state index is 10.2. The molecular formula is C16H19NOS. The lowest BCUT2D eigenvalue weighted by molar-refractivity contribution is 0.135. The van der Waals surface area contributed by atoms with Crippen molar-refractivity contribution in [3.63, 3.8) is 0 Å². The normalized spacial score (nSPS) is 14.1. The van der Waals surface area contributed by atoms with E-state index in [1.165, 1.54) is 5.56 Å². The Morgan fingerprint density at radius 2 is 1.68 bits per heavy atom. The molecule has 0 unspecified atom stereocenters. The molecule has 2 atom stereocenters. The molecule has 0 radical (unpaired) electrons. The van der Waals surface area contributed by atoms with Crippen LogP contribution in [0.1, 0.15) is 24.2 Å². The summed E-state index contributed by atoms with van der Waals surface area (Å²) in [7, 11) is 0. The molecule has 2 aromatic rings.